The fourth-order valence-electron chi connectivity index (χ4n) is 1.31. The van der Waals surface area contributed by atoms with Crippen LogP contribution in [0.1, 0.15) is 5.76 Å². The molecule has 1 aromatic heterocycles. The molecule has 2 rings (SSSR count). The van der Waals surface area contributed by atoms with Crippen LogP contribution in [-0.4, -0.2) is 0 Å². The highest BCUT2D eigenvalue weighted by atomic mass is 79.9. The van der Waals surface area contributed by atoms with E-state index in [1.807, 2.05) is 0 Å². The first-order chi connectivity index (χ1) is 8.08. The molecule has 0 bridgehead atoms. The summed E-state index contributed by atoms with van der Waals surface area (Å²) in [6, 6.07) is 3.04. The molecule has 0 aliphatic heterocycles. The van der Waals surface area contributed by atoms with Crippen molar-refractivity contribution in [2.75, 3.05) is 5.32 Å². The summed E-state index contributed by atoms with van der Waals surface area (Å²) < 4.78 is 44.8. The van der Waals surface area contributed by atoms with Crippen molar-refractivity contribution in [3.8, 4) is 0 Å². The monoisotopic (exact) mass is 305 g/mol. The van der Waals surface area contributed by atoms with E-state index in [9.17, 15) is 13.2 Å². The SMILES string of the molecule is Fc1cc(F)c(F)c(NCc2occc2Br)c1. The Balaban J connectivity index is 2.17. The third-order valence-electron chi connectivity index (χ3n) is 2.12. The van der Waals surface area contributed by atoms with Crippen molar-refractivity contribution in [3.63, 3.8) is 0 Å². The highest BCUT2D eigenvalue weighted by molar-refractivity contribution is 9.10. The van der Waals surface area contributed by atoms with Gasteiger partial charge in [-0.1, -0.05) is 0 Å². The fourth-order valence-corrected chi connectivity index (χ4v) is 1.65. The van der Waals surface area contributed by atoms with Crippen LogP contribution in [0.5, 0.6) is 0 Å². The largest absolute Gasteiger partial charge is 0.466 e. The molecule has 2 aromatic rings. The average Bonchev–Trinajstić information content (AvgIpc) is 2.67. The number of hydrogen-bond donors (Lipinski definition) is 1. The Morgan fingerprint density at radius 3 is 2.65 bits per heavy atom. The van der Waals surface area contributed by atoms with Gasteiger partial charge in [-0.2, -0.15) is 0 Å². The van der Waals surface area contributed by atoms with E-state index in [1.54, 1.807) is 6.07 Å². The van der Waals surface area contributed by atoms with Gasteiger partial charge in [0.25, 0.3) is 0 Å². The molecule has 0 unspecified atom stereocenters. The van der Waals surface area contributed by atoms with E-state index in [4.69, 9.17) is 4.42 Å². The lowest BCUT2D eigenvalue weighted by molar-refractivity contribution is 0.493. The highest BCUT2D eigenvalue weighted by Crippen LogP contribution is 2.22. The summed E-state index contributed by atoms with van der Waals surface area (Å²) in [5, 5.41) is 2.56. The summed E-state index contributed by atoms with van der Waals surface area (Å²) in [6.45, 7) is 0.118. The molecular weight excluding hydrogens is 299 g/mol. The zero-order valence-electron chi connectivity index (χ0n) is 8.44. The smallest absolute Gasteiger partial charge is 0.182 e. The maximum Gasteiger partial charge on any atom is 0.182 e. The van der Waals surface area contributed by atoms with Gasteiger partial charge in [-0.15, -0.1) is 0 Å². The van der Waals surface area contributed by atoms with E-state index in [2.05, 4.69) is 21.2 Å². The van der Waals surface area contributed by atoms with E-state index in [0.717, 1.165) is 6.07 Å². The Labute approximate surface area is 104 Å². The normalized spacial score (nSPS) is 10.6. The number of benzene rings is 1. The number of hydrogen-bond acceptors (Lipinski definition) is 2. The third-order valence-corrected chi connectivity index (χ3v) is 2.83. The van der Waals surface area contributed by atoms with Crippen molar-refractivity contribution >= 4 is 21.6 Å². The second-order valence-electron chi connectivity index (χ2n) is 3.29. The first-order valence-electron chi connectivity index (χ1n) is 4.68. The van der Waals surface area contributed by atoms with Crippen molar-refractivity contribution in [1.82, 2.24) is 0 Å². The lowest BCUT2D eigenvalue weighted by Gasteiger charge is -2.07. The molecule has 0 radical (unpaired) electrons. The molecule has 6 heteroatoms. The quantitative estimate of drug-likeness (QED) is 0.865. The van der Waals surface area contributed by atoms with Gasteiger partial charge in [-0.25, -0.2) is 13.2 Å². The summed E-state index contributed by atoms with van der Waals surface area (Å²) in [4.78, 5) is 0. The minimum absolute atomic E-state index is 0.118. The van der Waals surface area contributed by atoms with Crippen LogP contribution in [0.3, 0.4) is 0 Å². The number of furan rings is 1. The first kappa shape index (κ1) is 12.0. The zero-order chi connectivity index (χ0) is 12.4. The van der Waals surface area contributed by atoms with Crippen LogP contribution in [0, 0.1) is 17.5 Å². The van der Waals surface area contributed by atoms with Crippen molar-refractivity contribution in [2.24, 2.45) is 0 Å². The lowest BCUT2D eigenvalue weighted by atomic mass is 10.2. The van der Waals surface area contributed by atoms with Crippen LogP contribution in [0.4, 0.5) is 18.9 Å². The number of nitrogens with one attached hydrogen (secondary N) is 1. The van der Waals surface area contributed by atoms with Crippen LogP contribution >= 0.6 is 15.9 Å². The van der Waals surface area contributed by atoms with E-state index in [-0.39, 0.29) is 12.2 Å². The molecular formula is C11H7BrF3NO. The van der Waals surface area contributed by atoms with E-state index in [0.29, 0.717) is 16.3 Å². The summed E-state index contributed by atoms with van der Waals surface area (Å²) in [7, 11) is 0. The highest BCUT2D eigenvalue weighted by Gasteiger charge is 2.11. The fraction of sp³-hybridized carbons (Fsp3) is 0.0909. The third kappa shape index (κ3) is 2.63. The van der Waals surface area contributed by atoms with Gasteiger partial charge >= 0.3 is 0 Å². The Morgan fingerprint density at radius 1 is 1.24 bits per heavy atom. The molecule has 2 nitrogen and oxygen atoms in total. The second kappa shape index (κ2) is 4.83. The maximum atomic E-state index is 13.3. The van der Waals surface area contributed by atoms with E-state index < -0.39 is 17.5 Å². The minimum atomic E-state index is -1.23. The molecule has 1 heterocycles. The van der Waals surface area contributed by atoms with Crippen molar-refractivity contribution < 1.29 is 17.6 Å². The Bertz CT molecular complexity index is 542. The molecule has 0 aliphatic carbocycles. The minimum Gasteiger partial charge on any atom is -0.466 e. The number of anilines is 1. The summed E-state index contributed by atoms with van der Waals surface area (Å²) >= 11 is 3.21. The summed E-state index contributed by atoms with van der Waals surface area (Å²) in [5.74, 6) is -2.68. The molecule has 17 heavy (non-hydrogen) atoms. The molecule has 0 amide bonds. The van der Waals surface area contributed by atoms with Gasteiger partial charge in [0, 0.05) is 12.1 Å². The van der Waals surface area contributed by atoms with Gasteiger partial charge in [0.05, 0.1) is 23.0 Å². The Hall–Kier alpha value is -1.43. The lowest BCUT2D eigenvalue weighted by Crippen LogP contribution is -2.03. The second-order valence-corrected chi connectivity index (χ2v) is 4.15. The van der Waals surface area contributed by atoms with Crippen molar-refractivity contribution in [2.45, 2.75) is 6.54 Å². The topological polar surface area (TPSA) is 25.2 Å². The van der Waals surface area contributed by atoms with Crippen LogP contribution in [0.15, 0.2) is 33.4 Å². The average molecular weight is 306 g/mol. The van der Waals surface area contributed by atoms with Gasteiger partial charge in [-0.3, -0.25) is 0 Å². The molecule has 0 saturated heterocycles. The van der Waals surface area contributed by atoms with Gasteiger partial charge in [-0.05, 0) is 22.0 Å². The summed E-state index contributed by atoms with van der Waals surface area (Å²) in [6.07, 6.45) is 1.45. The van der Waals surface area contributed by atoms with E-state index in [1.165, 1.54) is 6.26 Å². The predicted molar refractivity (Wildman–Crippen MR) is 60.1 cm³/mol. The molecule has 0 spiro atoms. The summed E-state index contributed by atoms with van der Waals surface area (Å²) in [5.41, 5.74) is -0.245. The molecule has 0 atom stereocenters. The number of halogens is 4. The van der Waals surface area contributed by atoms with Gasteiger partial charge in [0.1, 0.15) is 11.6 Å². The Kier molecular flexibility index (Phi) is 3.42. The van der Waals surface area contributed by atoms with Crippen LogP contribution in [0.25, 0.3) is 0 Å². The van der Waals surface area contributed by atoms with Gasteiger partial charge < -0.3 is 9.73 Å². The van der Waals surface area contributed by atoms with Crippen molar-refractivity contribution in [1.29, 1.82) is 0 Å². The molecule has 90 valence electrons. The zero-order valence-corrected chi connectivity index (χ0v) is 10.0. The molecule has 1 aromatic carbocycles. The van der Waals surface area contributed by atoms with Crippen LogP contribution in [0.2, 0.25) is 0 Å². The standard InChI is InChI=1S/C11H7BrF3NO/c12-7-1-2-17-10(7)5-16-9-4-6(13)3-8(14)11(9)15/h1-4,16H,5H2. The first-order valence-corrected chi connectivity index (χ1v) is 5.47. The van der Waals surface area contributed by atoms with Crippen LogP contribution < -0.4 is 5.32 Å². The molecule has 1 N–H and O–H groups in total. The van der Waals surface area contributed by atoms with Gasteiger partial charge in [0.15, 0.2) is 11.6 Å². The van der Waals surface area contributed by atoms with Crippen LogP contribution in [-0.2, 0) is 6.54 Å². The van der Waals surface area contributed by atoms with Gasteiger partial charge in [0.2, 0.25) is 0 Å². The maximum absolute atomic E-state index is 13.3. The molecule has 0 aliphatic rings. The van der Waals surface area contributed by atoms with E-state index >= 15 is 0 Å². The molecule has 0 saturated carbocycles. The Morgan fingerprint density at radius 2 is 2.00 bits per heavy atom. The predicted octanol–water partition coefficient (Wildman–Crippen LogP) is 4.07. The van der Waals surface area contributed by atoms with Crippen molar-refractivity contribution in [3.05, 3.63) is 52.1 Å². The molecule has 0 fully saturated rings. The number of rotatable bonds is 3.